The number of hydrogen-bond donors (Lipinski definition) is 2. The molecular formula is C16H25NO3S. The van der Waals surface area contributed by atoms with Crippen LogP contribution < -0.4 is 4.72 Å². The summed E-state index contributed by atoms with van der Waals surface area (Å²) in [6.07, 6.45) is 4.57. The van der Waals surface area contributed by atoms with E-state index in [0.29, 0.717) is 11.5 Å². The van der Waals surface area contributed by atoms with Gasteiger partial charge in [-0.3, -0.25) is 0 Å². The largest absolute Gasteiger partial charge is 0.392 e. The molecule has 2 rings (SSSR count). The number of aliphatic hydroxyl groups excluding tert-OH is 1. The fraction of sp³-hybridized carbons (Fsp3) is 0.625. The van der Waals surface area contributed by atoms with Crippen molar-refractivity contribution in [1.29, 1.82) is 0 Å². The third-order valence-electron chi connectivity index (χ3n) is 4.60. The lowest BCUT2D eigenvalue weighted by Crippen LogP contribution is -2.37. The van der Waals surface area contributed by atoms with Crippen LogP contribution in [-0.2, 0) is 16.6 Å². The van der Waals surface area contributed by atoms with E-state index in [1.165, 1.54) is 12.8 Å². The molecule has 0 saturated heterocycles. The molecule has 5 heteroatoms. The van der Waals surface area contributed by atoms with E-state index in [4.69, 9.17) is 0 Å². The fourth-order valence-corrected chi connectivity index (χ4v) is 4.81. The zero-order chi connectivity index (χ0) is 15.6. The molecule has 1 aliphatic rings. The molecule has 0 bridgehead atoms. The average Bonchev–Trinajstić information content (AvgIpc) is 2.95. The van der Waals surface area contributed by atoms with Crippen LogP contribution in [0.5, 0.6) is 0 Å². The van der Waals surface area contributed by atoms with Gasteiger partial charge in [0.15, 0.2) is 0 Å². The van der Waals surface area contributed by atoms with E-state index in [0.717, 1.165) is 24.0 Å². The SMILES string of the molecule is Cc1cc(CO)cc(S(=O)(=O)NC(C)C2CCCC2)c1C. The third kappa shape index (κ3) is 3.65. The van der Waals surface area contributed by atoms with E-state index in [1.807, 2.05) is 26.8 Å². The second kappa shape index (κ2) is 6.46. The molecule has 4 nitrogen and oxygen atoms in total. The zero-order valence-electron chi connectivity index (χ0n) is 13.0. The Morgan fingerprint density at radius 3 is 2.48 bits per heavy atom. The Balaban J connectivity index is 2.28. The summed E-state index contributed by atoms with van der Waals surface area (Å²) >= 11 is 0. The van der Waals surface area contributed by atoms with Gasteiger partial charge in [-0.05, 0) is 62.3 Å². The van der Waals surface area contributed by atoms with Crippen LogP contribution in [0.4, 0.5) is 0 Å². The van der Waals surface area contributed by atoms with Crippen molar-refractivity contribution in [3.63, 3.8) is 0 Å². The van der Waals surface area contributed by atoms with E-state index in [1.54, 1.807) is 6.07 Å². The number of aryl methyl sites for hydroxylation is 1. The molecule has 1 fully saturated rings. The van der Waals surface area contributed by atoms with Gasteiger partial charge >= 0.3 is 0 Å². The maximum Gasteiger partial charge on any atom is 0.241 e. The summed E-state index contributed by atoms with van der Waals surface area (Å²) in [4.78, 5) is 0.288. The standard InChI is InChI=1S/C16H25NO3S/c1-11-8-14(10-18)9-16(12(11)2)21(19,20)17-13(3)15-6-4-5-7-15/h8-9,13,15,17-18H,4-7,10H2,1-3H3. The Morgan fingerprint density at radius 1 is 1.29 bits per heavy atom. The first-order chi connectivity index (χ1) is 9.85. The summed E-state index contributed by atoms with van der Waals surface area (Å²) in [5.74, 6) is 0.433. The summed E-state index contributed by atoms with van der Waals surface area (Å²) in [5.41, 5.74) is 2.26. The van der Waals surface area contributed by atoms with Gasteiger partial charge in [0.2, 0.25) is 10.0 Å². The van der Waals surface area contributed by atoms with E-state index in [-0.39, 0.29) is 17.5 Å². The monoisotopic (exact) mass is 311 g/mol. The first-order valence-corrected chi connectivity index (χ1v) is 9.07. The van der Waals surface area contributed by atoms with E-state index >= 15 is 0 Å². The molecule has 0 aromatic heterocycles. The van der Waals surface area contributed by atoms with Gasteiger partial charge in [0.1, 0.15) is 0 Å². The molecular weight excluding hydrogens is 286 g/mol. The predicted molar refractivity (Wildman–Crippen MR) is 83.6 cm³/mol. The highest BCUT2D eigenvalue weighted by molar-refractivity contribution is 7.89. The Bertz CT molecular complexity index is 604. The van der Waals surface area contributed by atoms with Crippen LogP contribution in [0.3, 0.4) is 0 Å². The maximum absolute atomic E-state index is 12.6. The molecule has 0 amide bonds. The van der Waals surface area contributed by atoms with Crippen LogP contribution in [0.25, 0.3) is 0 Å². The van der Waals surface area contributed by atoms with Gasteiger partial charge in [-0.25, -0.2) is 13.1 Å². The normalized spacial score (nSPS) is 18.1. The molecule has 1 saturated carbocycles. The summed E-state index contributed by atoms with van der Waals surface area (Å²) < 4.78 is 28.1. The van der Waals surface area contributed by atoms with E-state index < -0.39 is 10.0 Å². The minimum absolute atomic E-state index is 0.0463. The maximum atomic E-state index is 12.6. The van der Waals surface area contributed by atoms with Crippen molar-refractivity contribution in [2.24, 2.45) is 5.92 Å². The Kier molecular flexibility index (Phi) is 5.07. The molecule has 21 heavy (non-hydrogen) atoms. The average molecular weight is 311 g/mol. The van der Waals surface area contributed by atoms with E-state index in [2.05, 4.69) is 4.72 Å². The van der Waals surface area contributed by atoms with Crippen molar-refractivity contribution in [2.45, 2.75) is 64.0 Å². The molecule has 2 N–H and O–H groups in total. The lowest BCUT2D eigenvalue weighted by Gasteiger charge is -2.21. The number of sulfonamides is 1. The van der Waals surface area contributed by atoms with Gasteiger partial charge in [0, 0.05) is 6.04 Å². The van der Waals surface area contributed by atoms with Crippen molar-refractivity contribution in [3.05, 3.63) is 28.8 Å². The van der Waals surface area contributed by atoms with Crippen molar-refractivity contribution in [3.8, 4) is 0 Å². The molecule has 0 aliphatic heterocycles. The minimum atomic E-state index is -3.54. The van der Waals surface area contributed by atoms with Gasteiger partial charge in [-0.1, -0.05) is 18.9 Å². The van der Waals surface area contributed by atoms with Crippen LogP contribution in [0.15, 0.2) is 17.0 Å². The lowest BCUT2D eigenvalue weighted by atomic mass is 10.0. The van der Waals surface area contributed by atoms with Crippen molar-refractivity contribution in [2.75, 3.05) is 0 Å². The van der Waals surface area contributed by atoms with Crippen molar-refractivity contribution in [1.82, 2.24) is 4.72 Å². The first-order valence-electron chi connectivity index (χ1n) is 7.58. The Labute approximate surface area is 127 Å². The minimum Gasteiger partial charge on any atom is -0.392 e. The number of benzene rings is 1. The summed E-state index contributed by atoms with van der Waals surface area (Å²) in [7, 11) is -3.54. The van der Waals surface area contributed by atoms with Crippen LogP contribution in [-0.4, -0.2) is 19.6 Å². The highest BCUT2D eigenvalue weighted by atomic mass is 32.2. The molecule has 0 spiro atoms. The summed E-state index contributed by atoms with van der Waals surface area (Å²) in [6, 6.07) is 3.36. The Morgan fingerprint density at radius 2 is 1.90 bits per heavy atom. The van der Waals surface area contributed by atoms with Gasteiger partial charge in [-0.2, -0.15) is 0 Å². The summed E-state index contributed by atoms with van der Waals surface area (Å²) in [6.45, 7) is 5.48. The summed E-state index contributed by atoms with van der Waals surface area (Å²) in [5, 5.41) is 9.28. The highest BCUT2D eigenvalue weighted by Gasteiger charge is 2.27. The molecule has 1 aromatic rings. The third-order valence-corrected chi connectivity index (χ3v) is 6.28. The Hall–Kier alpha value is -0.910. The molecule has 118 valence electrons. The first kappa shape index (κ1) is 16.5. The van der Waals surface area contributed by atoms with E-state index in [9.17, 15) is 13.5 Å². The quantitative estimate of drug-likeness (QED) is 0.878. The second-order valence-electron chi connectivity index (χ2n) is 6.15. The highest BCUT2D eigenvalue weighted by Crippen LogP contribution is 2.29. The van der Waals surface area contributed by atoms with Gasteiger partial charge < -0.3 is 5.11 Å². The van der Waals surface area contributed by atoms with Crippen LogP contribution in [0, 0.1) is 19.8 Å². The predicted octanol–water partition coefficient (Wildman–Crippen LogP) is 2.65. The van der Waals surface area contributed by atoms with Crippen LogP contribution >= 0.6 is 0 Å². The molecule has 1 unspecified atom stereocenters. The number of rotatable bonds is 5. The number of hydrogen-bond acceptors (Lipinski definition) is 3. The molecule has 1 atom stereocenters. The molecule has 0 radical (unpaired) electrons. The zero-order valence-corrected chi connectivity index (χ0v) is 13.8. The second-order valence-corrected chi connectivity index (χ2v) is 7.83. The van der Waals surface area contributed by atoms with Gasteiger partial charge in [0.05, 0.1) is 11.5 Å². The molecule has 1 aliphatic carbocycles. The van der Waals surface area contributed by atoms with Crippen molar-refractivity contribution < 1.29 is 13.5 Å². The number of aliphatic hydroxyl groups is 1. The topological polar surface area (TPSA) is 66.4 Å². The number of nitrogens with one attached hydrogen (secondary N) is 1. The van der Waals surface area contributed by atoms with Gasteiger partial charge in [0.25, 0.3) is 0 Å². The fourth-order valence-electron chi connectivity index (χ4n) is 3.13. The van der Waals surface area contributed by atoms with Crippen LogP contribution in [0.1, 0.15) is 49.3 Å². The molecule has 1 aromatic carbocycles. The smallest absolute Gasteiger partial charge is 0.241 e. The molecule has 0 heterocycles. The van der Waals surface area contributed by atoms with Crippen LogP contribution in [0.2, 0.25) is 0 Å². The van der Waals surface area contributed by atoms with Crippen molar-refractivity contribution >= 4 is 10.0 Å². The van der Waals surface area contributed by atoms with Gasteiger partial charge in [-0.15, -0.1) is 0 Å². The lowest BCUT2D eigenvalue weighted by molar-refractivity contribution is 0.281.